The number of hydrogen-bond acceptors (Lipinski definition) is 9. The molecule has 3 fully saturated rings. The van der Waals surface area contributed by atoms with Crippen molar-refractivity contribution in [1.82, 2.24) is 9.13 Å². The minimum atomic E-state index is -3.12. The Bertz CT molecular complexity index is 1140. The van der Waals surface area contributed by atoms with Gasteiger partial charge in [0.25, 0.3) is 5.56 Å². The number of nitrogens with zero attached hydrogens (tertiary/aromatic N) is 2. The molecule has 0 bridgehead atoms. The molecule has 37 heavy (non-hydrogen) atoms. The quantitative estimate of drug-likeness (QED) is 0.432. The van der Waals surface area contributed by atoms with Gasteiger partial charge in [-0.3, -0.25) is 13.9 Å². The summed E-state index contributed by atoms with van der Waals surface area (Å²) in [6.07, 6.45) is 6.41. The summed E-state index contributed by atoms with van der Waals surface area (Å²) in [4.78, 5) is 26.1. The van der Waals surface area contributed by atoms with E-state index in [1.807, 2.05) is 0 Å². The number of aromatic nitrogens is 2. The van der Waals surface area contributed by atoms with Gasteiger partial charge in [0.1, 0.15) is 27.8 Å². The lowest BCUT2D eigenvalue weighted by molar-refractivity contribution is -0.210. The summed E-state index contributed by atoms with van der Waals surface area (Å²) in [5.74, 6) is -0.00565. The van der Waals surface area contributed by atoms with E-state index in [4.69, 9.17) is 18.9 Å². The Morgan fingerprint density at radius 3 is 2.49 bits per heavy atom. The van der Waals surface area contributed by atoms with E-state index in [0.717, 1.165) is 42.9 Å². The van der Waals surface area contributed by atoms with Gasteiger partial charge in [0.15, 0.2) is 6.29 Å². The molecule has 2 unspecified atom stereocenters. The number of aryl methyl sites for hydroxylation is 1. The third kappa shape index (κ3) is 6.90. The van der Waals surface area contributed by atoms with Crippen molar-refractivity contribution < 1.29 is 32.5 Å². The maximum absolute atomic E-state index is 13.4. The van der Waals surface area contributed by atoms with Crippen molar-refractivity contribution in [2.24, 2.45) is 0 Å². The molecule has 11 nitrogen and oxygen atoms in total. The molecule has 210 valence electrons. The first-order valence-corrected chi connectivity index (χ1v) is 15.4. The maximum Gasteiger partial charge on any atom is 0.333 e. The molecule has 12 heteroatoms. The SMILES string of the molecule is Cc1cn([C@H]2C[C@@](O)(C3CCCCO3)[C@@H](COC3CCCCO3)O2)c(=O)n(CCCCS(C)(=O)=O)c1=O. The zero-order valence-electron chi connectivity index (χ0n) is 21.8. The number of aliphatic hydroxyl groups is 1. The molecule has 4 rings (SSSR count). The monoisotopic (exact) mass is 544 g/mol. The molecule has 0 aromatic carbocycles. The number of unbranched alkanes of at least 4 members (excludes halogenated alkanes) is 1. The largest absolute Gasteiger partial charge is 0.384 e. The predicted octanol–water partition coefficient (Wildman–Crippen LogP) is 1.27. The van der Waals surface area contributed by atoms with Crippen LogP contribution in [-0.4, -0.2) is 78.6 Å². The molecule has 0 radical (unpaired) electrons. The number of hydrogen-bond donors (Lipinski definition) is 1. The molecule has 0 spiro atoms. The van der Waals surface area contributed by atoms with Gasteiger partial charge in [-0.25, -0.2) is 13.2 Å². The minimum Gasteiger partial charge on any atom is -0.384 e. The van der Waals surface area contributed by atoms with Crippen LogP contribution in [0.15, 0.2) is 15.8 Å². The van der Waals surface area contributed by atoms with Crippen molar-refractivity contribution in [1.29, 1.82) is 0 Å². The van der Waals surface area contributed by atoms with E-state index in [1.54, 1.807) is 6.92 Å². The maximum atomic E-state index is 13.4. The molecule has 0 aliphatic carbocycles. The van der Waals surface area contributed by atoms with Crippen LogP contribution in [0.2, 0.25) is 0 Å². The van der Waals surface area contributed by atoms with Crippen molar-refractivity contribution >= 4 is 9.84 Å². The third-order valence-electron chi connectivity index (χ3n) is 7.51. The fourth-order valence-electron chi connectivity index (χ4n) is 5.42. The third-order valence-corrected chi connectivity index (χ3v) is 8.54. The van der Waals surface area contributed by atoms with Crippen LogP contribution in [0.25, 0.3) is 0 Å². The lowest BCUT2D eigenvalue weighted by Crippen LogP contribution is -2.53. The molecule has 0 amide bonds. The Kier molecular flexibility index (Phi) is 9.29. The predicted molar refractivity (Wildman–Crippen MR) is 135 cm³/mol. The molecule has 3 aliphatic heterocycles. The number of rotatable bonds is 10. The lowest BCUT2D eigenvalue weighted by atomic mass is 9.85. The Hall–Kier alpha value is -1.57. The summed E-state index contributed by atoms with van der Waals surface area (Å²) in [5, 5.41) is 11.9. The minimum absolute atomic E-state index is 0.00565. The van der Waals surface area contributed by atoms with Gasteiger partial charge in [-0.15, -0.1) is 0 Å². The summed E-state index contributed by atoms with van der Waals surface area (Å²) in [7, 11) is -3.12. The zero-order chi connectivity index (χ0) is 26.6. The van der Waals surface area contributed by atoms with Gasteiger partial charge in [0.2, 0.25) is 0 Å². The highest BCUT2D eigenvalue weighted by atomic mass is 32.2. The highest BCUT2D eigenvalue weighted by molar-refractivity contribution is 7.90. The van der Waals surface area contributed by atoms with Crippen LogP contribution in [0.1, 0.15) is 69.6 Å². The van der Waals surface area contributed by atoms with Gasteiger partial charge in [-0.1, -0.05) is 0 Å². The van der Waals surface area contributed by atoms with E-state index in [9.17, 15) is 23.1 Å². The van der Waals surface area contributed by atoms with Crippen LogP contribution in [0.4, 0.5) is 0 Å². The first-order valence-electron chi connectivity index (χ1n) is 13.3. The standard InChI is InChI=1S/C25H40N2O9S/c1-18-16-27(24(29)26(23(18)28)11-5-8-14-37(2,31)32)21-15-25(30,19-9-3-6-12-33-19)20(36-21)17-35-22-10-4-7-13-34-22/h16,19-22,30H,3-15,17H2,1-2H3/t19?,20-,21-,22?,25-/m1/s1. The number of ether oxygens (including phenoxy) is 4. The van der Waals surface area contributed by atoms with E-state index in [0.29, 0.717) is 38.0 Å². The Labute approximate surface area is 217 Å². The van der Waals surface area contributed by atoms with Gasteiger partial charge in [0, 0.05) is 49.9 Å². The highest BCUT2D eigenvalue weighted by Gasteiger charge is 2.54. The second-order valence-corrected chi connectivity index (χ2v) is 12.8. The Balaban J connectivity index is 1.55. The van der Waals surface area contributed by atoms with Crippen LogP contribution < -0.4 is 11.2 Å². The molecule has 0 saturated carbocycles. The summed E-state index contributed by atoms with van der Waals surface area (Å²) in [6, 6.07) is 0. The van der Waals surface area contributed by atoms with Gasteiger partial charge < -0.3 is 24.1 Å². The molecule has 1 aromatic rings. The Morgan fingerprint density at radius 1 is 1.11 bits per heavy atom. The van der Waals surface area contributed by atoms with Crippen LogP contribution in [0.3, 0.4) is 0 Å². The Morgan fingerprint density at radius 2 is 1.84 bits per heavy atom. The van der Waals surface area contributed by atoms with Crippen LogP contribution in [0, 0.1) is 6.92 Å². The first kappa shape index (κ1) is 28.4. The van der Waals surface area contributed by atoms with Gasteiger partial charge in [0.05, 0.1) is 12.7 Å². The van der Waals surface area contributed by atoms with Crippen molar-refractivity contribution in [2.75, 3.05) is 31.8 Å². The second-order valence-electron chi connectivity index (χ2n) is 10.6. The normalized spacial score (nSPS) is 31.0. The van der Waals surface area contributed by atoms with Crippen molar-refractivity contribution in [2.45, 2.75) is 102 Å². The molecule has 1 aromatic heterocycles. The zero-order valence-corrected chi connectivity index (χ0v) is 22.6. The van der Waals surface area contributed by atoms with Crippen molar-refractivity contribution in [3.63, 3.8) is 0 Å². The average molecular weight is 545 g/mol. The average Bonchev–Trinajstić information content (AvgIpc) is 3.22. The van der Waals surface area contributed by atoms with Gasteiger partial charge in [-0.05, 0) is 58.3 Å². The van der Waals surface area contributed by atoms with Gasteiger partial charge in [-0.2, -0.15) is 0 Å². The fraction of sp³-hybridized carbons (Fsp3) is 0.840. The second kappa shape index (κ2) is 12.1. The van der Waals surface area contributed by atoms with E-state index in [1.165, 1.54) is 10.8 Å². The molecule has 3 aliphatic rings. The molecular formula is C25H40N2O9S. The van der Waals surface area contributed by atoms with E-state index < -0.39 is 45.1 Å². The van der Waals surface area contributed by atoms with Crippen molar-refractivity contribution in [3.05, 3.63) is 32.6 Å². The molecule has 4 heterocycles. The summed E-state index contributed by atoms with van der Waals surface area (Å²) < 4.78 is 49.2. The molecular weight excluding hydrogens is 504 g/mol. The summed E-state index contributed by atoms with van der Waals surface area (Å²) in [6.45, 7) is 3.00. The van der Waals surface area contributed by atoms with E-state index in [2.05, 4.69) is 0 Å². The molecule has 3 saturated heterocycles. The van der Waals surface area contributed by atoms with E-state index >= 15 is 0 Å². The molecule has 1 N–H and O–H groups in total. The summed E-state index contributed by atoms with van der Waals surface area (Å²) >= 11 is 0. The van der Waals surface area contributed by atoms with E-state index in [-0.39, 0.29) is 31.6 Å². The molecule has 5 atom stereocenters. The fourth-order valence-corrected chi connectivity index (χ4v) is 6.15. The van der Waals surface area contributed by atoms with Crippen LogP contribution >= 0.6 is 0 Å². The van der Waals surface area contributed by atoms with Crippen molar-refractivity contribution in [3.8, 4) is 0 Å². The first-order chi connectivity index (χ1) is 17.6. The number of sulfone groups is 1. The topological polar surface area (TPSA) is 135 Å². The van der Waals surface area contributed by atoms with Crippen LogP contribution in [0.5, 0.6) is 0 Å². The van der Waals surface area contributed by atoms with Crippen LogP contribution in [-0.2, 0) is 35.3 Å². The highest BCUT2D eigenvalue weighted by Crippen LogP contribution is 2.42. The van der Waals surface area contributed by atoms with Gasteiger partial charge >= 0.3 is 5.69 Å². The lowest BCUT2D eigenvalue weighted by Gasteiger charge is -2.38. The summed E-state index contributed by atoms with van der Waals surface area (Å²) in [5.41, 5.74) is -1.98. The smallest absolute Gasteiger partial charge is 0.333 e.